The Morgan fingerprint density at radius 1 is 1.13 bits per heavy atom. The van der Waals surface area contributed by atoms with Crippen molar-refractivity contribution in [3.8, 4) is 0 Å². The highest BCUT2D eigenvalue weighted by molar-refractivity contribution is 4.89. The second-order valence-electron chi connectivity index (χ2n) is 5.81. The third-order valence-corrected chi connectivity index (χ3v) is 4.55. The largest absolute Gasteiger partial charge is 0.327 e. The molecule has 0 aromatic heterocycles. The van der Waals surface area contributed by atoms with Gasteiger partial charge in [0.2, 0.25) is 0 Å². The van der Waals surface area contributed by atoms with E-state index in [1.54, 1.807) is 0 Å². The lowest BCUT2D eigenvalue weighted by molar-refractivity contribution is 0.0842. The van der Waals surface area contributed by atoms with E-state index >= 15 is 0 Å². The van der Waals surface area contributed by atoms with Gasteiger partial charge < -0.3 is 10.6 Å². The molecule has 4 atom stereocenters. The standard InChI is InChI=1S/C13H26N2/c1-10-5-3-7-12(14)13(10)11-6-4-8-15(2)9-11/h10-13H,3-9,14H2,1-2H3. The molecule has 0 aromatic rings. The van der Waals surface area contributed by atoms with Gasteiger partial charge in [-0.1, -0.05) is 19.8 Å². The number of piperidine rings is 1. The molecule has 1 saturated carbocycles. The second kappa shape index (κ2) is 4.84. The number of likely N-dealkylation sites (tertiary alicyclic amines) is 1. The van der Waals surface area contributed by atoms with E-state index in [1.165, 1.54) is 45.2 Å². The van der Waals surface area contributed by atoms with Gasteiger partial charge in [0.1, 0.15) is 0 Å². The number of rotatable bonds is 1. The van der Waals surface area contributed by atoms with Crippen LogP contribution < -0.4 is 5.73 Å². The first-order valence-corrected chi connectivity index (χ1v) is 6.62. The van der Waals surface area contributed by atoms with Gasteiger partial charge in [-0.3, -0.25) is 0 Å². The third-order valence-electron chi connectivity index (χ3n) is 4.55. The molecule has 0 amide bonds. The van der Waals surface area contributed by atoms with Crippen LogP contribution in [0.15, 0.2) is 0 Å². The topological polar surface area (TPSA) is 29.3 Å². The van der Waals surface area contributed by atoms with E-state index in [2.05, 4.69) is 18.9 Å². The quantitative estimate of drug-likeness (QED) is 0.718. The van der Waals surface area contributed by atoms with E-state index in [-0.39, 0.29) is 0 Å². The van der Waals surface area contributed by atoms with Crippen molar-refractivity contribution in [3.63, 3.8) is 0 Å². The van der Waals surface area contributed by atoms with Gasteiger partial charge in [-0.2, -0.15) is 0 Å². The van der Waals surface area contributed by atoms with Gasteiger partial charge in [0, 0.05) is 12.6 Å². The van der Waals surface area contributed by atoms with Crippen LogP contribution in [0.2, 0.25) is 0 Å². The first-order chi connectivity index (χ1) is 7.18. The van der Waals surface area contributed by atoms with E-state index < -0.39 is 0 Å². The van der Waals surface area contributed by atoms with E-state index in [0.29, 0.717) is 6.04 Å². The van der Waals surface area contributed by atoms with Crippen LogP contribution in [0.3, 0.4) is 0 Å². The van der Waals surface area contributed by atoms with Crippen LogP contribution in [0, 0.1) is 17.8 Å². The maximum atomic E-state index is 6.33. The Morgan fingerprint density at radius 2 is 1.93 bits per heavy atom. The lowest BCUT2D eigenvalue weighted by Crippen LogP contribution is -2.47. The summed E-state index contributed by atoms with van der Waals surface area (Å²) in [5, 5.41) is 0. The summed E-state index contributed by atoms with van der Waals surface area (Å²) in [5.74, 6) is 2.51. The molecule has 1 aliphatic carbocycles. The lowest BCUT2D eigenvalue weighted by Gasteiger charge is -2.43. The highest BCUT2D eigenvalue weighted by atomic mass is 15.1. The zero-order chi connectivity index (χ0) is 10.8. The molecule has 2 heteroatoms. The summed E-state index contributed by atoms with van der Waals surface area (Å²) in [6.45, 7) is 4.98. The van der Waals surface area contributed by atoms with Crippen molar-refractivity contribution < 1.29 is 0 Å². The lowest BCUT2D eigenvalue weighted by atomic mass is 9.68. The normalized spacial score (nSPS) is 44.2. The predicted molar refractivity (Wildman–Crippen MR) is 64.7 cm³/mol. The van der Waals surface area contributed by atoms with Crippen molar-refractivity contribution in [2.45, 2.75) is 45.1 Å². The van der Waals surface area contributed by atoms with Gasteiger partial charge in [-0.05, 0) is 50.6 Å². The Hall–Kier alpha value is -0.0800. The maximum absolute atomic E-state index is 6.33. The van der Waals surface area contributed by atoms with E-state index in [1.807, 2.05) is 0 Å². The fraction of sp³-hybridized carbons (Fsp3) is 1.00. The summed E-state index contributed by atoms with van der Waals surface area (Å²) >= 11 is 0. The molecule has 1 heterocycles. The molecule has 2 fully saturated rings. The van der Waals surface area contributed by atoms with Gasteiger partial charge in [-0.25, -0.2) is 0 Å². The van der Waals surface area contributed by atoms with Crippen LogP contribution in [0.5, 0.6) is 0 Å². The zero-order valence-corrected chi connectivity index (χ0v) is 10.3. The van der Waals surface area contributed by atoms with Crippen LogP contribution in [-0.2, 0) is 0 Å². The van der Waals surface area contributed by atoms with Crippen LogP contribution in [-0.4, -0.2) is 31.1 Å². The van der Waals surface area contributed by atoms with Gasteiger partial charge in [-0.15, -0.1) is 0 Å². The maximum Gasteiger partial charge on any atom is 0.00728 e. The Kier molecular flexibility index (Phi) is 3.68. The molecule has 2 nitrogen and oxygen atoms in total. The molecule has 0 bridgehead atoms. The Morgan fingerprint density at radius 3 is 2.60 bits per heavy atom. The molecule has 4 unspecified atom stereocenters. The SMILES string of the molecule is CC1CCCC(N)C1C1CCCN(C)C1. The van der Waals surface area contributed by atoms with Crippen LogP contribution in [0.1, 0.15) is 39.0 Å². The molecular formula is C13H26N2. The molecule has 2 aliphatic rings. The summed E-state index contributed by atoms with van der Waals surface area (Å²) < 4.78 is 0. The monoisotopic (exact) mass is 210 g/mol. The molecule has 2 N–H and O–H groups in total. The van der Waals surface area contributed by atoms with Gasteiger partial charge in [0.05, 0.1) is 0 Å². The Balaban J connectivity index is 1.99. The minimum atomic E-state index is 0.477. The van der Waals surface area contributed by atoms with Crippen molar-refractivity contribution in [2.24, 2.45) is 23.5 Å². The smallest absolute Gasteiger partial charge is 0.00728 e. The van der Waals surface area contributed by atoms with Crippen LogP contribution >= 0.6 is 0 Å². The van der Waals surface area contributed by atoms with Crippen molar-refractivity contribution in [3.05, 3.63) is 0 Å². The fourth-order valence-corrected chi connectivity index (χ4v) is 3.82. The number of hydrogen-bond acceptors (Lipinski definition) is 2. The van der Waals surface area contributed by atoms with Gasteiger partial charge in [0.25, 0.3) is 0 Å². The summed E-state index contributed by atoms with van der Waals surface area (Å²) in [7, 11) is 2.26. The minimum absolute atomic E-state index is 0.477. The molecular weight excluding hydrogens is 184 g/mol. The molecule has 15 heavy (non-hydrogen) atoms. The molecule has 1 saturated heterocycles. The van der Waals surface area contributed by atoms with Gasteiger partial charge >= 0.3 is 0 Å². The summed E-state index contributed by atoms with van der Waals surface area (Å²) in [6, 6.07) is 0.477. The average Bonchev–Trinajstić information content (AvgIpc) is 2.17. The second-order valence-corrected chi connectivity index (χ2v) is 5.81. The first-order valence-electron chi connectivity index (χ1n) is 6.62. The summed E-state index contributed by atoms with van der Waals surface area (Å²) in [4.78, 5) is 2.49. The summed E-state index contributed by atoms with van der Waals surface area (Å²) in [6.07, 6.45) is 6.79. The molecule has 0 spiro atoms. The average molecular weight is 210 g/mol. The number of hydrogen-bond donors (Lipinski definition) is 1. The van der Waals surface area contributed by atoms with Crippen molar-refractivity contribution in [1.29, 1.82) is 0 Å². The fourth-order valence-electron chi connectivity index (χ4n) is 3.82. The highest BCUT2D eigenvalue weighted by Crippen LogP contribution is 2.37. The molecule has 0 radical (unpaired) electrons. The van der Waals surface area contributed by atoms with E-state index in [0.717, 1.165) is 17.8 Å². The molecule has 2 rings (SSSR count). The molecule has 0 aromatic carbocycles. The number of nitrogens with zero attached hydrogens (tertiary/aromatic N) is 1. The van der Waals surface area contributed by atoms with E-state index in [4.69, 9.17) is 5.73 Å². The van der Waals surface area contributed by atoms with Crippen LogP contribution in [0.4, 0.5) is 0 Å². The van der Waals surface area contributed by atoms with E-state index in [9.17, 15) is 0 Å². The van der Waals surface area contributed by atoms with Crippen molar-refractivity contribution >= 4 is 0 Å². The Bertz CT molecular complexity index is 195. The van der Waals surface area contributed by atoms with Crippen LogP contribution in [0.25, 0.3) is 0 Å². The Labute approximate surface area is 94.2 Å². The third kappa shape index (κ3) is 2.54. The highest BCUT2D eigenvalue weighted by Gasteiger charge is 2.35. The van der Waals surface area contributed by atoms with Crippen molar-refractivity contribution in [2.75, 3.05) is 20.1 Å². The number of nitrogens with two attached hydrogens (primary N) is 1. The van der Waals surface area contributed by atoms with Crippen molar-refractivity contribution in [1.82, 2.24) is 4.90 Å². The first kappa shape index (κ1) is 11.4. The predicted octanol–water partition coefficient (Wildman–Crippen LogP) is 2.09. The summed E-state index contributed by atoms with van der Waals surface area (Å²) in [5.41, 5.74) is 6.33. The van der Waals surface area contributed by atoms with Gasteiger partial charge in [0.15, 0.2) is 0 Å². The minimum Gasteiger partial charge on any atom is -0.327 e. The zero-order valence-electron chi connectivity index (χ0n) is 10.3. The molecule has 88 valence electrons. The molecule has 1 aliphatic heterocycles.